The number of nitrogens with one attached hydrogen (secondary N) is 4. The topological polar surface area (TPSA) is 218 Å². The number of carbonyl (C=O) groups excluding carboxylic acids is 4. The zero-order valence-corrected chi connectivity index (χ0v) is 34.7. The zero-order chi connectivity index (χ0) is 41.9. The van der Waals surface area contributed by atoms with Gasteiger partial charge in [-0.15, -0.1) is 11.8 Å². The number of nitrogen functional groups attached to an aromatic ring is 1. The van der Waals surface area contributed by atoms with Gasteiger partial charge in [-0.05, 0) is 42.7 Å². The van der Waals surface area contributed by atoms with Crippen LogP contribution in [-0.2, 0) is 38.7 Å². The van der Waals surface area contributed by atoms with Crippen LogP contribution in [0.15, 0.2) is 66.9 Å². The summed E-state index contributed by atoms with van der Waals surface area (Å²) in [5.74, 6) is -0.257. The highest BCUT2D eigenvalue weighted by molar-refractivity contribution is 7.99. The van der Waals surface area contributed by atoms with Gasteiger partial charge in [-0.3, -0.25) is 14.4 Å². The summed E-state index contributed by atoms with van der Waals surface area (Å²) >= 11 is 1.21. The summed E-state index contributed by atoms with van der Waals surface area (Å²) in [6.45, 7) is 5.68. The Morgan fingerprint density at radius 2 is 1.57 bits per heavy atom. The van der Waals surface area contributed by atoms with Gasteiger partial charge < -0.3 is 42.0 Å². The number of aliphatic hydroxyl groups is 2. The number of thioether (sulfide) groups is 1. The van der Waals surface area contributed by atoms with E-state index in [0.717, 1.165) is 43.2 Å². The number of aryl methyl sites for hydroxylation is 1. The largest absolute Gasteiger partial charge is 0.445 e. The highest BCUT2D eigenvalue weighted by atomic mass is 32.2. The first-order valence-corrected chi connectivity index (χ1v) is 21.5. The summed E-state index contributed by atoms with van der Waals surface area (Å²) in [5.41, 5.74) is 8.30. The van der Waals surface area contributed by atoms with Crippen LogP contribution in [0.3, 0.4) is 0 Å². The molecule has 0 aliphatic heterocycles. The first kappa shape index (κ1) is 46.0. The number of alkyl carbamates (subject to hydrolysis) is 1. The number of aromatic nitrogens is 2. The lowest BCUT2D eigenvalue weighted by Gasteiger charge is -2.31. The molecule has 4 rings (SSSR count). The van der Waals surface area contributed by atoms with Crippen LogP contribution in [0.25, 0.3) is 0 Å². The molecule has 14 nitrogen and oxygen atoms in total. The Hall–Kier alpha value is -4.73. The number of hydrogen-bond donors (Lipinski definition) is 7. The Balaban J connectivity index is 1.33. The predicted octanol–water partition coefficient (Wildman–Crippen LogP) is 4.35. The molecule has 0 spiro atoms. The quantitative estimate of drug-likeness (QED) is 0.0756. The Morgan fingerprint density at radius 1 is 0.897 bits per heavy atom. The van der Waals surface area contributed by atoms with Gasteiger partial charge in [-0.2, -0.15) is 0 Å². The number of amides is 4. The molecular formula is C43H61N7O7S. The van der Waals surface area contributed by atoms with Crippen molar-refractivity contribution < 1.29 is 34.1 Å². The minimum atomic E-state index is -1.20. The number of nitrogens with two attached hydrogens (primary N) is 1. The fourth-order valence-corrected chi connectivity index (χ4v) is 7.87. The molecule has 8 N–H and O–H groups in total. The summed E-state index contributed by atoms with van der Waals surface area (Å²) in [7, 11) is 0. The van der Waals surface area contributed by atoms with Gasteiger partial charge in [0, 0.05) is 24.1 Å². The highest BCUT2D eigenvalue weighted by Gasteiger charge is 2.31. The number of ether oxygens (including phenoxy) is 1. The van der Waals surface area contributed by atoms with Gasteiger partial charge in [-0.25, -0.2) is 14.8 Å². The van der Waals surface area contributed by atoms with Crippen LogP contribution in [0.2, 0.25) is 0 Å². The van der Waals surface area contributed by atoms with Crippen molar-refractivity contribution in [2.24, 2.45) is 11.8 Å². The van der Waals surface area contributed by atoms with Crippen LogP contribution in [0, 0.1) is 18.8 Å². The Kier molecular flexibility index (Phi) is 19.2. The van der Waals surface area contributed by atoms with Crippen LogP contribution in [0.1, 0.15) is 87.7 Å². The number of nitrogens with zero attached hydrogens (tertiary/aromatic N) is 2. The molecule has 4 amide bonds. The number of carbonyl (C=O) groups is 4. The first-order chi connectivity index (χ1) is 27.9. The van der Waals surface area contributed by atoms with Crippen molar-refractivity contribution in [2.75, 3.05) is 17.2 Å². The monoisotopic (exact) mass is 819 g/mol. The molecule has 0 bridgehead atoms. The third kappa shape index (κ3) is 15.9. The maximum Gasteiger partial charge on any atom is 0.407 e. The van der Waals surface area contributed by atoms with Crippen molar-refractivity contribution in [2.45, 2.75) is 122 Å². The standard InChI is InChI=1S/C43H61N7O7S/c1-4-28(2)40(42(55)46-24-33-23-45-29(3)47-41(33)44)50-38(53)22-36(51)34(20-30-14-8-5-9-15-30)48-39(54)27-58-26-37(52)35(21-31-16-10-6-11-17-31)49-43(56)57-25-32-18-12-7-13-19-32/h6-7,10-13,16-19,23,28,30,34-37,40,51-52H,4-5,8-9,14-15,20-22,24-27H2,1-3H3,(H,46,55)(H,48,54)(H,49,56)(H,50,53)(H2,44,45,47)/t28-,34-,35-,36-,37+,40-/m0/s1. The number of anilines is 1. The molecule has 1 heterocycles. The van der Waals surface area contributed by atoms with Gasteiger partial charge in [0.25, 0.3) is 0 Å². The average molecular weight is 820 g/mol. The van der Waals surface area contributed by atoms with E-state index in [0.29, 0.717) is 30.7 Å². The van der Waals surface area contributed by atoms with Crippen molar-refractivity contribution in [1.29, 1.82) is 0 Å². The van der Waals surface area contributed by atoms with E-state index in [1.54, 1.807) is 13.1 Å². The van der Waals surface area contributed by atoms with E-state index in [2.05, 4.69) is 31.2 Å². The molecule has 0 saturated heterocycles. The van der Waals surface area contributed by atoms with E-state index >= 15 is 0 Å². The van der Waals surface area contributed by atoms with E-state index < -0.39 is 48.2 Å². The molecule has 1 aliphatic rings. The van der Waals surface area contributed by atoms with E-state index in [9.17, 15) is 29.4 Å². The Labute approximate surface area is 346 Å². The Bertz CT molecular complexity index is 1730. The number of benzene rings is 2. The molecule has 0 unspecified atom stereocenters. The molecule has 6 atom stereocenters. The van der Waals surface area contributed by atoms with Crippen molar-refractivity contribution in [1.82, 2.24) is 31.2 Å². The van der Waals surface area contributed by atoms with Gasteiger partial charge in [-0.1, -0.05) is 113 Å². The number of rotatable bonds is 22. The second-order valence-electron chi connectivity index (χ2n) is 15.2. The lowest BCUT2D eigenvalue weighted by atomic mass is 9.83. The molecule has 1 aliphatic carbocycles. The molecule has 1 aromatic heterocycles. The summed E-state index contributed by atoms with van der Waals surface area (Å²) in [4.78, 5) is 61.1. The van der Waals surface area contributed by atoms with Crippen LogP contribution in [0.4, 0.5) is 10.6 Å². The second-order valence-corrected chi connectivity index (χ2v) is 16.3. The maximum absolute atomic E-state index is 13.4. The molecule has 2 aromatic carbocycles. The van der Waals surface area contributed by atoms with Crippen molar-refractivity contribution in [3.8, 4) is 0 Å². The molecule has 1 fully saturated rings. The van der Waals surface area contributed by atoms with E-state index in [-0.39, 0.29) is 54.6 Å². The predicted molar refractivity (Wildman–Crippen MR) is 225 cm³/mol. The molecule has 58 heavy (non-hydrogen) atoms. The van der Waals surface area contributed by atoms with Crippen molar-refractivity contribution in [3.63, 3.8) is 0 Å². The highest BCUT2D eigenvalue weighted by Crippen LogP contribution is 2.28. The van der Waals surface area contributed by atoms with Gasteiger partial charge in [0.1, 0.15) is 24.3 Å². The molecule has 1 saturated carbocycles. The van der Waals surface area contributed by atoms with Gasteiger partial charge in [0.2, 0.25) is 17.7 Å². The molecule has 0 radical (unpaired) electrons. The van der Waals surface area contributed by atoms with Crippen molar-refractivity contribution in [3.05, 3.63) is 89.4 Å². The number of aliphatic hydroxyl groups excluding tert-OH is 2. The molecular weight excluding hydrogens is 759 g/mol. The van der Waals surface area contributed by atoms with Crippen LogP contribution in [-0.4, -0.2) is 85.8 Å². The SMILES string of the molecule is CC[C@H](C)[C@H](NC(=O)C[C@H](O)[C@H](CC1CCCCC1)NC(=O)CSC[C@@H](O)[C@H](Cc1ccccc1)NC(=O)OCc1ccccc1)C(=O)NCc1cnc(C)nc1N. The summed E-state index contributed by atoms with van der Waals surface area (Å²) < 4.78 is 5.42. The van der Waals surface area contributed by atoms with Gasteiger partial charge in [0.15, 0.2) is 0 Å². The third-order valence-corrected chi connectivity index (χ3v) is 11.6. The summed E-state index contributed by atoms with van der Waals surface area (Å²) in [6.07, 6.45) is 5.09. The lowest BCUT2D eigenvalue weighted by molar-refractivity contribution is -0.131. The zero-order valence-electron chi connectivity index (χ0n) is 33.9. The Morgan fingerprint density at radius 3 is 2.22 bits per heavy atom. The first-order valence-electron chi connectivity index (χ1n) is 20.3. The molecule has 3 aromatic rings. The van der Waals surface area contributed by atoms with Crippen LogP contribution in [0.5, 0.6) is 0 Å². The normalized spacial score (nSPS) is 16.2. The second kappa shape index (κ2) is 24.3. The van der Waals surface area contributed by atoms with Crippen LogP contribution < -0.4 is 27.0 Å². The van der Waals surface area contributed by atoms with Crippen molar-refractivity contribution >= 4 is 41.4 Å². The van der Waals surface area contributed by atoms with Gasteiger partial charge >= 0.3 is 6.09 Å². The lowest BCUT2D eigenvalue weighted by Crippen LogP contribution is -2.52. The number of hydrogen-bond acceptors (Lipinski definition) is 11. The minimum absolute atomic E-state index is 0.0134. The summed E-state index contributed by atoms with van der Waals surface area (Å²) in [5, 5.41) is 34.1. The van der Waals surface area contributed by atoms with E-state index in [4.69, 9.17) is 10.5 Å². The fourth-order valence-electron chi connectivity index (χ4n) is 7.01. The fraction of sp³-hybridized carbons (Fsp3) is 0.535. The minimum Gasteiger partial charge on any atom is -0.445 e. The van der Waals surface area contributed by atoms with E-state index in [1.807, 2.05) is 74.5 Å². The average Bonchev–Trinajstić information content (AvgIpc) is 3.22. The molecule has 15 heteroatoms. The third-order valence-electron chi connectivity index (χ3n) is 10.6. The van der Waals surface area contributed by atoms with Crippen LogP contribution >= 0.6 is 11.8 Å². The maximum atomic E-state index is 13.4. The summed E-state index contributed by atoms with van der Waals surface area (Å²) in [6, 6.07) is 16.5. The van der Waals surface area contributed by atoms with E-state index in [1.165, 1.54) is 11.8 Å². The van der Waals surface area contributed by atoms with Gasteiger partial charge in [0.05, 0.1) is 36.5 Å². The smallest absolute Gasteiger partial charge is 0.407 e. The molecule has 316 valence electrons.